The lowest BCUT2D eigenvalue weighted by molar-refractivity contribution is 0.0709. The van der Waals surface area contributed by atoms with Gasteiger partial charge in [0, 0.05) is 12.1 Å². The Bertz CT molecular complexity index is 1040. The summed E-state index contributed by atoms with van der Waals surface area (Å²) in [6.45, 7) is 0.585. The van der Waals surface area contributed by atoms with Crippen molar-refractivity contribution < 1.29 is 23.2 Å². The zero-order valence-electron chi connectivity index (χ0n) is 16.1. The molecule has 29 heavy (non-hydrogen) atoms. The standard InChI is InChI=1S/C21H20FN3O4/c1-27-14-7-3-6-13(12-14)21(26)25-11-5-10-17(25)20-23-19(24-29-20)15-8-4-9-16(22)18(15)28-2/h3-4,6-9,12,17H,5,10-11H2,1-2H3. The van der Waals surface area contributed by atoms with Crippen LogP contribution in [0.2, 0.25) is 0 Å². The van der Waals surface area contributed by atoms with Gasteiger partial charge in [-0.25, -0.2) is 4.39 Å². The number of carbonyl (C=O) groups is 1. The molecule has 0 bridgehead atoms. The topological polar surface area (TPSA) is 77.7 Å². The molecule has 1 saturated heterocycles. The van der Waals surface area contributed by atoms with Crippen LogP contribution >= 0.6 is 0 Å². The van der Waals surface area contributed by atoms with Crippen molar-refractivity contribution in [3.8, 4) is 22.9 Å². The fourth-order valence-electron chi connectivity index (χ4n) is 3.56. The summed E-state index contributed by atoms with van der Waals surface area (Å²) in [7, 11) is 2.94. The average molecular weight is 397 g/mol. The highest BCUT2D eigenvalue weighted by atomic mass is 19.1. The van der Waals surface area contributed by atoms with E-state index in [0.29, 0.717) is 35.7 Å². The summed E-state index contributed by atoms with van der Waals surface area (Å²) in [5.41, 5.74) is 0.925. The molecule has 1 amide bonds. The Balaban J connectivity index is 1.62. The Morgan fingerprint density at radius 2 is 2.03 bits per heavy atom. The smallest absolute Gasteiger partial charge is 0.254 e. The minimum atomic E-state index is -0.507. The minimum absolute atomic E-state index is 0.0515. The molecule has 1 atom stereocenters. The lowest BCUT2D eigenvalue weighted by Crippen LogP contribution is -2.30. The highest BCUT2D eigenvalue weighted by molar-refractivity contribution is 5.95. The Labute approximate surface area is 167 Å². The van der Waals surface area contributed by atoms with Crippen LogP contribution in [0.4, 0.5) is 4.39 Å². The number of ether oxygens (including phenoxy) is 2. The number of para-hydroxylation sites is 1. The Morgan fingerprint density at radius 3 is 2.83 bits per heavy atom. The molecule has 0 saturated carbocycles. The van der Waals surface area contributed by atoms with Gasteiger partial charge in [-0.1, -0.05) is 17.3 Å². The third-order valence-corrected chi connectivity index (χ3v) is 4.97. The highest BCUT2D eigenvalue weighted by Gasteiger charge is 2.35. The summed E-state index contributed by atoms with van der Waals surface area (Å²) in [5, 5.41) is 3.98. The monoisotopic (exact) mass is 397 g/mol. The summed E-state index contributed by atoms with van der Waals surface area (Å²) in [6.07, 6.45) is 1.53. The molecule has 0 aliphatic carbocycles. The maximum absolute atomic E-state index is 14.0. The third kappa shape index (κ3) is 3.53. The second kappa shape index (κ2) is 7.90. The van der Waals surface area contributed by atoms with Gasteiger partial charge in [0.15, 0.2) is 11.6 Å². The molecular weight excluding hydrogens is 377 g/mol. The Morgan fingerprint density at radius 1 is 1.21 bits per heavy atom. The number of likely N-dealkylation sites (tertiary alicyclic amines) is 1. The van der Waals surface area contributed by atoms with Gasteiger partial charge in [0.2, 0.25) is 11.7 Å². The maximum Gasteiger partial charge on any atom is 0.254 e. The van der Waals surface area contributed by atoms with E-state index < -0.39 is 5.82 Å². The van der Waals surface area contributed by atoms with Crippen molar-refractivity contribution in [2.75, 3.05) is 20.8 Å². The average Bonchev–Trinajstić information content (AvgIpc) is 3.42. The number of aromatic nitrogens is 2. The third-order valence-electron chi connectivity index (χ3n) is 4.97. The Hall–Kier alpha value is -3.42. The van der Waals surface area contributed by atoms with Crippen LogP contribution in [0.1, 0.15) is 35.1 Å². The maximum atomic E-state index is 14.0. The van der Waals surface area contributed by atoms with Crippen molar-refractivity contribution in [2.24, 2.45) is 0 Å². The summed E-state index contributed by atoms with van der Waals surface area (Å²) in [6, 6.07) is 11.2. The van der Waals surface area contributed by atoms with Gasteiger partial charge in [0.05, 0.1) is 19.8 Å². The first-order chi connectivity index (χ1) is 14.1. The quantitative estimate of drug-likeness (QED) is 0.650. The molecule has 2 heterocycles. The van der Waals surface area contributed by atoms with Gasteiger partial charge in [-0.05, 0) is 43.2 Å². The molecule has 0 N–H and O–H groups in total. The van der Waals surface area contributed by atoms with Gasteiger partial charge < -0.3 is 18.9 Å². The molecule has 3 aromatic rings. The number of benzene rings is 2. The number of nitrogens with zero attached hydrogens (tertiary/aromatic N) is 3. The van der Waals surface area contributed by atoms with Gasteiger partial charge in [0.25, 0.3) is 5.91 Å². The van der Waals surface area contributed by atoms with Crippen LogP contribution in [0, 0.1) is 5.82 Å². The van der Waals surface area contributed by atoms with Crippen LogP contribution < -0.4 is 9.47 Å². The molecule has 1 aliphatic heterocycles. The number of hydrogen-bond donors (Lipinski definition) is 0. The van der Waals surface area contributed by atoms with Crippen LogP contribution in [0.25, 0.3) is 11.4 Å². The molecule has 0 spiro atoms. The molecule has 2 aromatic carbocycles. The van der Waals surface area contributed by atoms with Gasteiger partial charge in [0.1, 0.15) is 11.8 Å². The van der Waals surface area contributed by atoms with E-state index in [1.165, 1.54) is 13.2 Å². The van der Waals surface area contributed by atoms with E-state index in [0.717, 1.165) is 6.42 Å². The fourth-order valence-corrected chi connectivity index (χ4v) is 3.56. The van der Waals surface area contributed by atoms with E-state index >= 15 is 0 Å². The highest BCUT2D eigenvalue weighted by Crippen LogP contribution is 2.35. The van der Waals surface area contributed by atoms with E-state index in [2.05, 4.69) is 10.1 Å². The summed E-state index contributed by atoms with van der Waals surface area (Å²) in [4.78, 5) is 19.2. The van der Waals surface area contributed by atoms with Gasteiger partial charge in [-0.15, -0.1) is 0 Å². The van der Waals surface area contributed by atoms with Gasteiger partial charge >= 0.3 is 0 Å². The van der Waals surface area contributed by atoms with Crippen molar-refractivity contribution in [3.63, 3.8) is 0 Å². The predicted octanol–water partition coefficient (Wildman–Crippen LogP) is 3.87. The van der Waals surface area contributed by atoms with Crippen molar-refractivity contribution in [2.45, 2.75) is 18.9 Å². The number of amides is 1. The minimum Gasteiger partial charge on any atom is -0.497 e. The normalized spacial score (nSPS) is 16.1. The molecule has 8 heteroatoms. The fraction of sp³-hybridized carbons (Fsp3) is 0.286. The van der Waals surface area contributed by atoms with Crippen LogP contribution in [0.3, 0.4) is 0 Å². The molecule has 0 radical (unpaired) electrons. The molecule has 1 unspecified atom stereocenters. The predicted molar refractivity (Wildman–Crippen MR) is 102 cm³/mol. The summed E-state index contributed by atoms with van der Waals surface area (Å²) in [5.74, 6) is 0.569. The lowest BCUT2D eigenvalue weighted by Gasteiger charge is -2.22. The molecule has 4 rings (SSSR count). The van der Waals surface area contributed by atoms with Crippen LogP contribution in [0.15, 0.2) is 47.0 Å². The van der Waals surface area contributed by atoms with Gasteiger partial charge in [-0.2, -0.15) is 4.98 Å². The SMILES string of the molecule is COc1cccc(C(=O)N2CCCC2c2nc(-c3cccc(F)c3OC)no2)c1. The van der Waals surface area contributed by atoms with Crippen LogP contribution in [-0.2, 0) is 0 Å². The zero-order chi connectivity index (χ0) is 20.4. The zero-order valence-corrected chi connectivity index (χ0v) is 16.1. The molecule has 1 fully saturated rings. The molecular formula is C21H20FN3O4. The largest absolute Gasteiger partial charge is 0.497 e. The van der Waals surface area contributed by atoms with Crippen molar-refractivity contribution in [1.82, 2.24) is 15.0 Å². The number of rotatable bonds is 5. The van der Waals surface area contributed by atoms with E-state index in [4.69, 9.17) is 14.0 Å². The van der Waals surface area contributed by atoms with Crippen molar-refractivity contribution in [1.29, 1.82) is 0 Å². The van der Waals surface area contributed by atoms with E-state index in [-0.39, 0.29) is 23.5 Å². The number of hydrogen-bond acceptors (Lipinski definition) is 6. The summed E-state index contributed by atoms with van der Waals surface area (Å²) >= 11 is 0. The van der Waals surface area contributed by atoms with Crippen molar-refractivity contribution in [3.05, 3.63) is 59.7 Å². The Kier molecular flexibility index (Phi) is 5.16. The van der Waals surface area contributed by atoms with E-state index in [9.17, 15) is 9.18 Å². The lowest BCUT2D eigenvalue weighted by atomic mass is 10.1. The van der Waals surface area contributed by atoms with Crippen molar-refractivity contribution >= 4 is 5.91 Å². The number of carbonyl (C=O) groups excluding carboxylic acids is 1. The van der Waals surface area contributed by atoms with E-state index in [1.807, 2.05) is 0 Å². The first-order valence-corrected chi connectivity index (χ1v) is 9.24. The summed E-state index contributed by atoms with van der Waals surface area (Å²) < 4.78 is 29.8. The first kappa shape index (κ1) is 18.9. The van der Waals surface area contributed by atoms with Gasteiger partial charge in [-0.3, -0.25) is 4.79 Å². The second-order valence-corrected chi connectivity index (χ2v) is 6.67. The first-order valence-electron chi connectivity index (χ1n) is 9.24. The van der Waals surface area contributed by atoms with E-state index in [1.54, 1.807) is 48.4 Å². The molecule has 1 aliphatic rings. The molecule has 1 aromatic heterocycles. The number of halogens is 1. The number of methoxy groups -OCH3 is 2. The molecule has 150 valence electrons. The van der Waals surface area contributed by atoms with Crippen LogP contribution in [-0.4, -0.2) is 41.7 Å². The van der Waals surface area contributed by atoms with Crippen LogP contribution in [0.5, 0.6) is 11.5 Å². The molecule has 7 nitrogen and oxygen atoms in total. The second-order valence-electron chi connectivity index (χ2n) is 6.67.